The number of para-hydroxylation sites is 1. The number of amides is 2. The fourth-order valence-electron chi connectivity index (χ4n) is 2.69. The summed E-state index contributed by atoms with van der Waals surface area (Å²) in [6.07, 6.45) is 0. The lowest BCUT2D eigenvalue weighted by atomic mass is 10.1. The highest BCUT2D eigenvalue weighted by atomic mass is 32.2. The molecule has 3 aromatic rings. The molecular formula is C23H22N2O3S. The van der Waals surface area contributed by atoms with E-state index < -0.39 is 0 Å². The first-order chi connectivity index (χ1) is 14.2. The van der Waals surface area contributed by atoms with Crippen molar-refractivity contribution < 1.29 is 14.3 Å². The summed E-state index contributed by atoms with van der Waals surface area (Å²) in [5.41, 5.74) is 2.72. The van der Waals surface area contributed by atoms with Crippen LogP contribution in [0.15, 0.2) is 78.9 Å². The molecule has 148 valence electrons. The summed E-state index contributed by atoms with van der Waals surface area (Å²) in [6.45, 7) is 0. The van der Waals surface area contributed by atoms with Gasteiger partial charge in [-0.2, -0.15) is 0 Å². The molecule has 0 aliphatic heterocycles. The number of carbonyl (C=O) groups is 2. The number of thioether (sulfide) groups is 1. The van der Waals surface area contributed by atoms with Crippen LogP contribution in [-0.2, 0) is 10.5 Å². The lowest BCUT2D eigenvalue weighted by Gasteiger charge is -2.12. The van der Waals surface area contributed by atoms with Crippen LogP contribution in [0.25, 0.3) is 0 Å². The Labute approximate surface area is 174 Å². The van der Waals surface area contributed by atoms with Gasteiger partial charge in [-0.05, 0) is 42.0 Å². The first kappa shape index (κ1) is 20.5. The van der Waals surface area contributed by atoms with Gasteiger partial charge in [0.2, 0.25) is 5.91 Å². The number of hydrogen-bond donors (Lipinski definition) is 2. The maximum absolute atomic E-state index is 12.7. The zero-order valence-corrected chi connectivity index (χ0v) is 16.9. The molecule has 0 aliphatic rings. The van der Waals surface area contributed by atoms with Crippen molar-refractivity contribution in [3.8, 4) is 5.75 Å². The number of methoxy groups -OCH3 is 1. The highest BCUT2D eigenvalue weighted by Crippen LogP contribution is 2.20. The van der Waals surface area contributed by atoms with Gasteiger partial charge in [0.15, 0.2) is 0 Å². The van der Waals surface area contributed by atoms with Crippen LogP contribution < -0.4 is 15.4 Å². The Morgan fingerprint density at radius 3 is 2.28 bits per heavy atom. The summed E-state index contributed by atoms with van der Waals surface area (Å²) in [5, 5.41) is 5.68. The van der Waals surface area contributed by atoms with E-state index in [0.29, 0.717) is 28.4 Å². The maximum Gasteiger partial charge on any atom is 0.257 e. The maximum atomic E-state index is 12.7. The van der Waals surface area contributed by atoms with Gasteiger partial charge in [-0.25, -0.2) is 0 Å². The van der Waals surface area contributed by atoms with E-state index in [9.17, 15) is 9.59 Å². The van der Waals surface area contributed by atoms with Crippen LogP contribution in [0, 0.1) is 0 Å². The molecule has 2 N–H and O–H groups in total. The summed E-state index contributed by atoms with van der Waals surface area (Å²) >= 11 is 1.53. The normalized spacial score (nSPS) is 10.2. The Morgan fingerprint density at radius 2 is 1.55 bits per heavy atom. The van der Waals surface area contributed by atoms with Gasteiger partial charge in [-0.15, -0.1) is 11.8 Å². The SMILES string of the molecule is COc1ccc(NC(=O)c2ccccc2NC(=O)CSCc2ccccc2)cc1. The second-order valence-corrected chi connectivity index (χ2v) is 7.24. The topological polar surface area (TPSA) is 67.4 Å². The zero-order chi connectivity index (χ0) is 20.5. The van der Waals surface area contributed by atoms with Crippen molar-refractivity contribution in [2.45, 2.75) is 5.75 Å². The zero-order valence-electron chi connectivity index (χ0n) is 16.1. The molecule has 3 aromatic carbocycles. The smallest absolute Gasteiger partial charge is 0.257 e. The minimum atomic E-state index is -0.289. The van der Waals surface area contributed by atoms with E-state index in [2.05, 4.69) is 10.6 Å². The van der Waals surface area contributed by atoms with Gasteiger partial charge in [0.1, 0.15) is 5.75 Å². The summed E-state index contributed by atoms with van der Waals surface area (Å²) in [4.78, 5) is 25.0. The minimum absolute atomic E-state index is 0.143. The van der Waals surface area contributed by atoms with Crippen LogP contribution in [0.3, 0.4) is 0 Å². The Hall–Kier alpha value is -3.25. The molecule has 0 atom stereocenters. The first-order valence-corrected chi connectivity index (χ1v) is 10.3. The third-order valence-corrected chi connectivity index (χ3v) is 5.14. The highest BCUT2D eigenvalue weighted by molar-refractivity contribution is 7.99. The second kappa shape index (κ2) is 10.3. The van der Waals surface area contributed by atoms with Crippen LogP contribution >= 0.6 is 11.8 Å². The largest absolute Gasteiger partial charge is 0.497 e. The van der Waals surface area contributed by atoms with E-state index in [-0.39, 0.29) is 11.8 Å². The van der Waals surface area contributed by atoms with E-state index in [1.54, 1.807) is 55.6 Å². The predicted octanol–water partition coefficient (Wildman–Crippen LogP) is 4.82. The fraction of sp³-hybridized carbons (Fsp3) is 0.130. The number of anilines is 2. The van der Waals surface area contributed by atoms with Crippen LogP contribution in [0.2, 0.25) is 0 Å². The number of hydrogen-bond acceptors (Lipinski definition) is 4. The third-order valence-electron chi connectivity index (χ3n) is 4.14. The van der Waals surface area contributed by atoms with E-state index in [1.165, 1.54) is 17.3 Å². The number of nitrogens with one attached hydrogen (secondary N) is 2. The lowest BCUT2D eigenvalue weighted by Crippen LogP contribution is -2.19. The molecule has 29 heavy (non-hydrogen) atoms. The molecule has 0 saturated heterocycles. The minimum Gasteiger partial charge on any atom is -0.497 e. The number of rotatable bonds is 8. The molecule has 5 nitrogen and oxygen atoms in total. The second-order valence-electron chi connectivity index (χ2n) is 6.25. The molecule has 0 aromatic heterocycles. The quantitative estimate of drug-likeness (QED) is 0.563. The van der Waals surface area contributed by atoms with Crippen LogP contribution in [0.1, 0.15) is 15.9 Å². The predicted molar refractivity (Wildman–Crippen MR) is 119 cm³/mol. The molecule has 0 bridgehead atoms. The first-order valence-electron chi connectivity index (χ1n) is 9.11. The summed E-state index contributed by atoms with van der Waals surface area (Å²) in [7, 11) is 1.59. The van der Waals surface area contributed by atoms with Crippen molar-refractivity contribution in [3.05, 3.63) is 90.0 Å². The highest BCUT2D eigenvalue weighted by Gasteiger charge is 2.13. The van der Waals surface area contributed by atoms with Gasteiger partial charge in [-0.1, -0.05) is 42.5 Å². The average Bonchev–Trinajstić information content (AvgIpc) is 2.75. The van der Waals surface area contributed by atoms with Crippen molar-refractivity contribution >= 4 is 35.0 Å². The van der Waals surface area contributed by atoms with E-state index >= 15 is 0 Å². The monoisotopic (exact) mass is 406 g/mol. The molecule has 0 unspecified atom stereocenters. The Bertz CT molecular complexity index is 959. The molecule has 3 rings (SSSR count). The molecule has 0 aliphatic carbocycles. The van der Waals surface area contributed by atoms with E-state index in [0.717, 1.165) is 5.75 Å². The molecule has 0 saturated carbocycles. The number of carbonyl (C=O) groups excluding carboxylic acids is 2. The van der Waals surface area contributed by atoms with Gasteiger partial charge in [-0.3, -0.25) is 9.59 Å². The average molecular weight is 407 g/mol. The van der Waals surface area contributed by atoms with Gasteiger partial charge < -0.3 is 15.4 Å². The van der Waals surface area contributed by atoms with Crippen LogP contribution in [0.4, 0.5) is 11.4 Å². The van der Waals surface area contributed by atoms with Crippen LogP contribution in [-0.4, -0.2) is 24.7 Å². The Morgan fingerprint density at radius 1 is 0.862 bits per heavy atom. The molecule has 0 fully saturated rings. The van der Waals surface area contributed by atoms with Gasteiger partial charge >= 0.3 is 0 Å². The Kier molecular flexibility index (Phi) is 7.30. The van der Waals surface area contributed by atoms with Gasteiger partial charge in [0, 0.05) is 11.4 Å². The van der Waals surface area contributed by atoms with E-state index in [4.69, 9.17) is 4.74 Å². The molecule has 6 heteroatoms. The van der Waals surface area contributed by atoms with Crippen molar-refractivity contribution in [1.29, 1.82) is 0 Å². The van der Waals surface area contributed by atoms with Gasteiger partial charge in [0.05, 0.1) is 24.1 Å². The Balaban J connectivity index is 1.58. The fourth-order valence-corrected chi connectivity index (χ4v) is 3.47. The number of ether oxygens (including phenoxy) is 1. The van der Waals surface area contributed by atoms with Crippen molar-refractivity contribution in [1.82, 2.24) is 0 Å². The lowest BCUT2D eigenvalue weighted by molar-refractivity contribution is -0.113. The van der Waals surface area contributed by atoms with Crippen LogP contribution in [0.5, 0.6) is 5.75 Å². The van der Waals surface area contributed by atoms with Crippen molar-refractivity contribution in [2.75, 3.05) is 23.5 Å². The molecular weight excluding hydrogens is 384 g/mol. The number of benzene rings is 3. The van der Waals surface area contributed by atoms with Crippen molar-refractivity contribution in [3.63, 3.8) is 0 Å². The standard InChI is InChI=1S/C23H22N2O3S/c1-28-19-13-11-18(12-14-19)24-23(27)20-9-5-6-10-21(20)25-22(26)16-29-15-17-7-3-2-4-8-17/h2-14H,15-16H2,1H3,(H,24,27)(H,25,26). The van der Waals surface area contributed by atoms with Crippen molar-refractivity contribution in [2.24, 2.45) is 0 Å². The van der Waals surface area contributed by atoms with E-state index in [1.807, 2.05) is 30.3 Å². The summed E-state index contributed by atoms with van der Waals surface area (Å²) in [6, 6.07) is 24.0. The third kappa shape index (κ3) is 6.12. The summed E-state index contributed by atoms with van der Waals surface area (Å²) < 4.78 is 5.12. The summed E-state index contributed by atoms with van der Waals surface area (Å²) in [5.74, 6) is 1.35. The molecule has 2 amide bonds. The van der Waals surface area contributed by atoms with Gasteiger partial charge in [0.25, 0.3) is 5.91 Å². The molecule has 0 radical (unpaired) electrons. The molecule has 0 spiro atoms. The molecule has 0 heterocycles.